The molecule has 0 atom stereocenters. The van der Waals surface area contributed by atoms with Gasteiger partial charge in [-0.05, 0) is 40.8 Å². The third-order valence-electron chi connectivity index (χ3n) is 1.17. The first-order chi connectivity index (χ1) is 5.11. The van der Waals surface area contributed by atoms with E-state index >= 15 is 0 Å². The molecule has 0 spiro atoms. The molecule has 1 aromatic rings. The summed E-state index contributed by atoms with van der Waals surface area (Å²) in [7, 11) is 0. The van der Waals surface area contributed by atoms with E-state index < -0.39 is 11.8 Å². The molecule has 0 aliphatic carbocycles. The maximum absolute atomic E-state index is 12.7. The molecular weight excluding hydrogens is 262 g/mol. The molecule has 0 saturated heterocycles. The van der Waals surface area contributed by atoms with Gasteiger partial charge in [0.05, 0.1) is 5.56 Å². The molecule has 0 unspecified atom stereocenters. The fourth-order valence-electron chi connectivity index (χ4n) is 0.629. The van der Waals surface area contributed by atoms with E-state index in [1.807, 2.05) is 0 Å². The molecule has 1 N–H and O–H groups in total. The number of rotatable bonds is 1. The minimum atomic E-state index is -1.11. The average molecular weight is 266 g/mol. The minimum absolute atomic E-state index is 0.0251. The van der Waals surface area contributed by atoms with Crippen molar-refractivity contribution in [3.05, 3.63) is 33.1 Å². The summed E-state index contributed by atoms with van der Waals surface area (Å²) in [5.74, 6) is -1.61. The number of carbonyl (C=O) groups is 1. The molecule has 0 aliphatic rings. The minimum Gasteiger partial charge on any atom is -0.478 e. The molecule has 58 valence electrons. The highest BCUT2D eigenvalue weighted by molar-refractivity contribution is 14.1. The molecule has 1 rings (SSSR count). The van der Waals surface area contributed by atoms with Crippen LogP contribution in [0.4, 0.5) is 4.39 Å². The molecule has 0 bridgehead atoms. The van der Waals surface area contributed by atoms with Crippen molar-refractivity contribution in [3.8, 4) is 0 Å². The zero-order valence-corrected chi connectivity index (χ0v) is 7.50. The van der Waals surface area contributed by atoms with Crippen molar-refractivity contribution < 1.29 is 14.3 Å². The number of hydrogen-bond acceptors (Lipinski definition) is 1. The summed E-state index contributed by atoms with van der Waals surface area (Å²) in [6, 6.07) is 3.80. The largest absolute Gasteiger partial charge is 0.478 e. The summed E-state index contributed by atoms with van der Waals surface area (Å²) < 4.78 is 13.1. The van der Waals surface area contributed by atoms with Gasteiger partial charge in [-0.1, -0.05) is 0 Å². The van der Waals surface area contributed by atoms with Crippen LogP contribution in [-0.4, -0.2) is 11.1 Å². The Bertz CT molecular complexity index is 298. The van der Waals surface area contributed by atoms with Crippen LogP contribution in [0.5, 0.6) is 0 Å². The first kappa shape index (κ1) is 8.45. The van der Waals surface area contributed by atoms with Gasteiger partial charge in [-0.2, -0.15) is 0 Å². The predicted octanol–water partition coefficient (Wildman–Crippen LogP) is 2.13. The van der Waals surface area contributed by atoms with E-state index in [2.05, 4.69) is 0 Å². The van der Waals surface area contributed by atoms with Gasteiger partial charge in [0.1, 0.15) is 5.82 Å². The summed E-state index contributed by atoms with van der Waals surface area (Å²) in [5, 5.41) is 8.43. The summed E-state index contributed by atoms with van der Waals surface area (Å²) in [6.07, 6.45) is 0. The number of benzene rings is 1. The number of carboxylic acids is 1. The molecule has 1 aromatic carbocycles. The zero-order valence-electron chi connectivity index (χ0n) is 5.34. The lowest BCUT2D eigenvalue weighted by Crippen LogP contribution is -1.97. The molecule has 2 nitrogen and oxygen atoms in total. The van der Waals surface area contributed by atoms with Crippen LogP contribution in [0.15, 0.2) is 18.2 Å². The molecule has 0 heterocycles. The van der Waals surface area contributed by atoms with Crippen LogP contribution in [0.3, 0.4) is 0 Å². The van der Waals surface area contributed by atoms with E-state index in [0.29, 0.717) is 3.57 Å². The molecule has 0 saturated carbocycles. The van der Waals surface area contributed by atoms with Crippen molar-refractivity contribution in [2.45, 2.75) is 0 Å². The second kappa shape index (κ2) is 3.17. The average Bonchev–Trinajstić information content (AvgIpc) is 1.94. The first-order valence-corrected chi connectivity index (χ1v) is 3.87. The van der Waals surface area contributed by atoms with Crippen molar-refractivity contribution in [1.82, 2.24) is 0 Å². The molecule has 0 amide bonds. The Morgan fingerprint density at radius 1 is 1.55 bits per heavy atom. The van der Waals surface area contributed by atoms with Gasteiger partial charge in [-0.15, -0.1) is 0 Å². The molecule has 11 heavy (non-hydrogen) atoms. The Kier molecular flexibility index (Phi) is 2.43. The highest BCUT2D eigenvalue weighted by Crippen LogP contribution is 2.12. The van der Waals surface area contributed by atoms with Crippen molar-refractivity contribution in [3.63, 3.8) is 0 Å². The summed E-state index contributed by atoms with van der Waals surface area (Å²) in [4.78, 5) is 10.3. The van der Waals surface area contributed by atoms with E-state index in [0.717, 1.165) is 6.07 Å². The van der Waals surface area contributed by atoms with E-state index in [-0.39, 0.29) is 5.56 Å². The quantitative estimate of drug-likeness (QED) is 0.790. The van der Waals surface area contributed by atoms with Crippen molar-refractivity contribution >= 4 is 28.6 Å². The Hall–Kier alpha value is -0.650. The van der Waals surface area contributed by atoms with Crippen LogP contribution < -0.4 is 0 Å². The Morgan fingerprint density at radius 3 is 2.64 bits per heavy atom. The summed E-state index contributed by atoms with van der Waals surface area (Å²) in [5.41, 5.74) is -0.0251. The van der Waals surface area contributed by atoms with Crippen LogP contribution in [0, 0.1) is 9.39 Å². The monoisotopic (exact) mass is 266 g/mol. The van der Waals surface area contributed by atoms with E-state index in [9.17, 15) is 9.18 Å². The normalized spacial score (nSPS) is 9.64. The third kappa shape index (κ3) is 1.89. The van der Waals surface area contributed by atoms with Gasteiger partial charge >= 0.3 is 5.97 Å². The smallest absolute Gasteiger partial charge is 0.335 e. The number of aromatic carboxylic acids is 1. The molecule has 4 heteroatoms. The molecule has 0 radical (unpaired) electrons. The van der Waals surface area contributed by atoms with Crippen LogP contribution in [-0.2, 0) is 0 Å². The molecular formula is C7H4FIO2. The fraction of sp³-hybridized carbons (Fsp3) is 0. The van der Waals surface area contributed by atoms with E-state index in [1.54, 1.807) is 22.6 Å². The van der Waals surface area contributed by atoms with Gasteiger partial charge in [-0.3, -0.25) is 0 Å². The zero-order chi connectivity index (χ0) is 8.43. The van der Waals surface area contributed by atoms with E-state index in [1.165, 1.54) is 12.1 Å². The highest BCUT2D eigenvalue weighted by atomic mass is 127. The van der Waals surface area contributed by atoms with Gasteiger partial charge < -0.3 is 5.11 Å². The van der Waals surface area contributed by atoms with Gasteiger partial charge in [0.2, 0.25) is 0 Å². The standard InChI is InChI=1S/C7H4FIO2/c8-5-3-4(7(10)11)1-2-6(5)9/h1-3H,(H,10,11). The van der Waals surface area contributed by atoms with Crippen molar-refractivity contribution in [1.29, 1.82) is 0 Å². The number of halogens is 2. The Labute approximate surface area is 76.2 Å². The second-order valence-electron chi connectivity index (χ2n) is 1.93. The topological polar surface area (TPSA) is 37.3 Å². The van der Waals surface area contributed by atoms with Gasteiger partial charge in [0.25, 0.3) is 0 Å². The van der Waals surface area contributed by atoms with Gasteiger partial charge in [0, 0.05) is 3.57 Å². The predicted molar refractivity (Wildman–Crippen MR) is 46.1 cm³/mol. The Balaban J connectivity index is 3.15. The number of hydrogen-bond donors (Lipinski definition) is 1. The van der Waals surface area contributed by atoms with Gasteiger partial charge in [-0.25, -0.2) is 9.18 Å². The first-order valence-electron chi connectivity index (χ1n) is 2.79. The highest BCUT2D eigenvalue weighted by Gasteiger charge is 2.05. The van der Waals surface area contributed by atoms with Crippen LogP contribution in [0.2, 0.25) is 0 Å². The maximum atomic E-state index is 12.7. The van der Waals surface area contributed by atoms with Crippen molar-refractivity contribution in [2.75, 3.05) is 0 Å². The Morgan fingerprint density at radius 2 is 2.18 bits per heavy atom. The lowest BCUT2D eigenvalue weighted by molar-refractivity contribution is 0.0696. The van der Waals surface area contributed by atoms with Crippen LogP contribution >= 0.6 is 22.6 Å². The van der Waals surface area contributed by atoms with E-state index in [4.69, 9.17) is 5.11 Å². The molecule has 0 aromatic heterocycles. The summed E-state index contributed by atoms with van der Waals surface area (Å²) in [6.45, 7) is 0. The maximum Gasteiger partial charge on any atom is 0.335 e. The van der Waals surface area contributed by atoms with Crippen LogP contribution in [0.25, 0.3) is 0 Å². The fourth-order valence-corrected chi connectivity index (χ4v) is 0.965. The lowest BCUT2D eigenvalue weighted by Gasteiger charge is -1.95. The number of carboxylic acid groups (broad SMARTS) is 1. The third-order valence-corrected chi connectivity index (χ3v) is 2.04. The second-order valence-corrected chi connectivity index (χ2v) is 3.10. The lowest BCUT2D eigenvalue weighted by atomic mass is 10.2. The van der Waals surface area contributed by atoms with Gasteiger partial charge in [0.15, 0.2) is 0 Å². The summed E-state index contributed by atoms with van der Waals surface area (Å²) >= 11 is 1.80. The van der Waals surface area contributed by atoms with Crippen LogP contribution in [0.1, 0.15) is 10.4 Å². The SMILES string of the molecule is O=C(O)c1ccc(I)c(F)c1. The molecule has 0 fully saturated rings. The molecule has 0 aliphatic heterocycles. The van der Waals surface area contributed by atoms with Crippen molar-refractivity contribution in [2.24, 2.45) is 0 Å².